The molecule has 7 heteroatoms. The molecule has 0 radical (unpaired) electrons. The van der Waals surface area contributed by atoms with Gasteiger partial charge in [-0.25, -0.2) is 8.42 Å². The average Bonchev–Trinajstić information content (AvgIpc) is 2.67. The summed E-state index contributed by atoms with van der Waals surface area (Å²) in [6, 6.07) is 14.4. The van der Waals surface area contributed by atoms with Crippen LogP contribution >= 0.6 is 0 Å². The van der Waals surface area contributed by atoms with E-state index in [2.05, 4.69) is 10.6 Å². The van der Waals surface area contributed by atoms with Crippen molar-refractivity contribution in [1.29, 1.82) is 0 Å². The summed E-state index contributed by atoms with van der Waals surface area (Å²) in [6.07, 6.45) is 0. The molecule has 0 aliphatic carbocycles. The fourth-order valence-electron chi connectivity index (χ4n) is 2.93. The number of hydrogen-bond acceptors (Lipinski definition) is 4. The number of hydrogen-bond donors (Lipinski definition) is 2. The zero-order valence-electron chi connectivity index (χ0n) is 16.9. The van der Waals surface area contributed by atoms with Crippen LogP contribution in [0.2, 0.25) is 0 Å². The molecule has 2 aromatic carbocycles. The molecule has 0 bridgehead atoms. The molecule has 0 spiro atoms. The summed E-state index contributed by atoms with van der Waals surface area (Å²) in [7, 11) is -3.46. The van der Waals surface area contributed by atoms with Crippen molar-refractivity contribution >= 4 is 21.6 Å². The van der Waals surface area contributed by atoms with Crippen LogP contribution in [0.3, 0.4) is 0 Å². The molecule has 28 heavy (non-hydrogen) atoms. The van der Waals surface area contributed by atoms with E-state index >= 15 is 0 Å². The van der Waals surface area contributed by atoms with E-state index in [-0.39, 0.29) is 23.4 Å². The molecule has 0 unspecified atom stereocenters. The van der Waals surface area contributed by atoms with Crippen molar-refractivity contribution in [2.75, 3.05) is 25.0 Å². The first-order valence-corrected chi connectivity index (χ1v) is 10.9. The highest BCUT2D eigenvalue weighted by Crippen LogP contribution is 2.19. The van der Waals surface area contributed by atoms with Crippen LogP contribution in [0.1, 0.15) is 37.9 Å². The van der Waals surface area contributed by atoms with E-state index in [0.717, 1.165) is 16.8 Å². The topological polar surface area (TPSA) is 78.5 Å². The van der Waals surface area contributed by atoms with Gasteiger partial charge in [-0.1, -0.05) is 38.1 Å². The third-order valence-electron chi connectivity index (χ3n) is 4.59. The van der Waals surface area contributed by atoms with Crippen molar-refractivity contribution in [2.45, 2.75) is 38.6 Å². The van der Waals surface area contributed by atoms with Crippen LogP contribution in [0, 0.1) is 6.92 Å². The number of nitrogens with zero attached hydrogens (tertiary/aromatic N) is 1. The predicted octanol–water partition coefficient (Wildman–Crippen LogP) is 3.31. The van der Waals surface area contributed by atoms with Crippen LogP contribution in [-0.2, 0) is 14.8 Å². The number of rotatable bonds is 9. The van der Waals surface area contributed by atoms with Gasteiger partial charge in [0.25, 0.3) is 0 Å². The third kappa shape index (κ3) is 5.64. The van der Waals surface area contributed by atoms with Gasteiger partial charge in [-0.15, -0.1) is 0 Å². The van der Waals surface area contributed by atoms with Gasteiger partial charge in [-0.3, -0.25) is 4.79 Å². The Morgan fingerprint density at radius 2 is 1.71 bits per heavy atom. The van der Waals surface area contributed by atoms with Crippen molar-refractivity contribution < 1.29 is 13.2 Å². The lowest BCUT2D eigenvalue weighted by atomic mass is 10.1. The number of anilines is 1. The minimum absolute atomic E-state index is 0.0894. The van der Waals surface area contributed by atoms with E-state index < -0.39 is 10.0 Å². The van der Waals surface area contributed by atoms with Crippen LogP contribution in [0.4, 0.5) is 5.69 Å². The van der Waals surface area contributed by atoms with Gasteiger partial charge in [0.1, 0.15) is 0 Å². The molecule has 0 heterocycles. The van der Waals surface area contributed by atoms with Crippen LogP contribution in [0.15, 0.2) is 53.4 Å². The molecule has 2 N–H and O–H groups in total. The van der Waals surface area contributed by atoms with Gasteiger partial charge >= 0.3 is 0 Å². The van der Waals surface area contributed by atoms with Gasteiger partial charge in [-0.2, -0.15) is 4.31 Å². The number of benzene rings is 2. The Kier molecular flexibility index (Phi) is 7.74. The molecule has 1 atom stereocenters. The number of carbonyl (C=O) groups is 1. The van der Waals surface area contributed by atoms with E-state index in [1.54, 1.807) is 24.3 Å². The van der Waals surface area contributed by atoms with E-state index in [0.29, 0.717) is 13.1 Å². The summed E-state index contributed by atoms with van der Waals surface area (Å²) in [6.45, 7) is 8.60. The molecule has 0 saturated heterocycles. The van der Waals surface area contributed by atoms with Crippen molar-refractivity contribution in [3.8, 4) is 0 Å². The second-order valence-corrected chi connectivity index (χ2v) is 8.62. The Hall–Kier alpha value is -2.22. The highest BCUT2D eigenvalue weighted by atomic mass is 32.2. The van der Waals surface area contributed by atoms with Crippen molar-refractivity contribution in [3.63, 3.8) is 0 Å². The number of aryl methyl sites for hydroxylation is 1. The lowest BCUT2D eigenvalue weighted by molar-refractivity contribution is -0.115. The number of nitrogens with one attached hydrogen (secondary N) is 2. The standard InChI is InChI=1S/C21H29N3O3S/c1-5-24(6-2)28(26,27)20-12-10-18(11-13-20)17(4)22-15-21(25)23-19-9-7-8-16(3)14-19/h7-14,17,22H,5-6,15H2,1-4H3,(H,23,25)/t17-/m1/s1. The summed E-state index contributed by atoms with van der Waals surface area (Å²) in [5, 5.41) is 6.02. The predicted molar refractivity (Wildman–Crippen MR) is 113 cm³/mol. The first-order valence-electron chi connectivity index (χ1n) is 9.48. The Morgan fingerprint density at radius 1 is 1.07 bits per heavy atom. The normalized spacial score (nSPS) is 12.8. The SMILES string of the molecule is CCN(CC)S(=O)(=O)c1ccc([C@@H](C)NCC(=O)Nc2cccc(C)c2)cc1. The average molecular weight is 404 g/mol. The Bertz CT molecular complexity index is 891. The molecule has 2 aromatic rings. The number of amides is 1. The minimum Gasteiger partial charge on any atom is -0.325 e. The summed E-state index contributed by atoms with van der Waals surface area (Å²) in [4.78, 5) is 12.4. The van der Waals surface area contributed by atoms with Crippen LogP contribution in [-0.4, -0.2) is 38.3 Å². The zero-order valence-corrected chi connectivity index (χ0v) is 17.7. The maximum absolute atomic E-state index is 12.5. The van der Waals surface area contributed by atoms with Crippen molar-refractivity contribution in [2.24, 2.45) is 0 Å². The fraction of sp³-hybridized carbons (Fsp3) is 0.381. The van der Waals surface area contributed by atoms with Gasteiger partial charge in [-0.05, 0) is 49.2 Å². The van der Waals surface area contributed by atoms with Crippen molar-refractivity contribution in [1.82, 2.24) is 9.62 Å². The molecule has 0 fully saturated rings. The van der Waals surface area contributed by atoms with Gasteiger partial charge in [0.05, 0.1) is 11.4 Å². The number of sulfonamides is 1. The zero-order chi connectivity index (χ0) is 20.7. The second-order valence-electron chi connectivity index (χ2n) is 6.68. The molecule has 6 nitrogen and oxygen atoms in total. The molecule has 0 aliphatic heterocycles. The molecular weight excluding hydrogens is 374 g/mol. The molecular formula is C21H29N3O3S. The lowest BCUT2D eigenvalue weighted by Gasteiger charge is -2.19. The first-order chi connectivity index (χ1) is 13.3. The summed E-state index contributed by atoms with van der Waals surface area (Å²) >= 11 is 0. The summed E-state index contributed by atoms with van der Waals surface area (Å²) in [5.41, 5.74) is 2.77. The van der Waals surface area contributed by atoms with Gasteiger partial charge in [0.15, 0.2) is 0 Å². The minimum atomic E-state index is -3.46. The van der Waals surface area contributed by atoms with E-state index in [4.69, 9.17) is 0 Å². The van der Waals surface area contributed by atoms with Gasteiger partial charge < -0.3 is 10.6 Å². The molecule has 0 aromatic heterocycles. The van der Waals surface area contributed by atoms with Crippen LogP contribution in [0.25, 0.3) is 0 Å². The third-order valence-corrected chi connectivity index (χ3v) is 6.66. The largest absolute Gasteiger partial charge is 0.325 e. The van der Waals surface area contributed by atoms with Gasteiger partial charge in [0.2, 0.25) is 15.9 Å². The Labute approximate surface area is 168 Å². The lowest BCUT2D eigenvalue weighted by Crippen LogP contribution is -2.31. The molecule has 0 saturated carbocycles. The maximum Gasteiger partial charge on any atom is 0.243 e. The fourth-order valence-corrected chi connectivity index (χ4v) is 4.39. The monoisotopic (exact) mass is 403 g/mol. The molecule has 0 aliphatic rings. The molecule has 152 valence electrons. The number of carbonyl (C=O) groups excluding carboxylic acids is 1. The Balaban J connectivity index is 1.95. The van der Waals surface area contributed by atoms with Crippen LogP contribution in [0.5, 0.6) is 0 Å². The highest BCUT2D eigenvalue weighted by molar-refractivity contribution is 7.89. The van der Waals surface area contributed by atoms with Gasteiger partial charge in [0, 0.05) is 24.8 Å². The van der Waals surface area contributed by atoms with Crippen molar-refractivity contribution in [3.05, 3.63) is 59.7 Å². The van der Waals surface area contributed by atoms with E-state index in [1.807, 2.05) is 52.0 Å². The smallest absolute Gasteiger partial charge is 0.243 e. The molecule has 1 amide bonds. The Morgan fingerprint density at radius 3 is 2.29 bits per heavy atom. The second kappa shape index (κ2) is 9.82. The highest BCUT2D eigenvalue weighted by Gasteiger charge is 2.21. The first kappa shape index (κ1) is 22.1. The summed E-state index contributed by atoms with van der Waals surface area (Å²) < 4.78 is 26.5. The van der Waals surface area contributed by atoms with E-state index in [9.17, 15) is 13.2 Å². The van der Waals surface area contributed by atoms with E-state index in [1.165, 1.54) is 4.31 Å². The molecule has 2 rings (SSSR count). The summed E-state index contributed by atoms with van der Waals surface area (Å²) in [5.74, 6) is -0.127. The van der Waals surface area contributed by atoms with Crippen LogP contribution < -0.4 is 10.6 Å². The quantitative estimate of drug-likeness (QED) is 0.673. The maximum atomic E-state index is 12.5.